The molecule has 3 fully saturated rings. The van der Waals surface area contributed by atoms with E-state index in [2.05, 4.69) is 10.00 Å². The Kier molecular flexibility index (Phi) is 6.74. The molecule has 1 saturated heterocycles. The first kappa shape index (κ1) is 22.8. The first-order valence-corrected chi connectivity index (χ1v) is 13.6. The maximum atomic E-state index is 13.0. The van der Waals surface area contributed by atoms with Crippen LogP contribution in [0.15, 0.2) is 6.07 Å². The van der Waals surface area contributed by atoms with E-state index in [0.29, 0.717) is 32.0 Å². The molecule has 2 N–H and O–H groups in total. The van der Waals surface area contributed by atoms with E-state index in [1.807, 2.05) is 17.9 Å². The van der Waals surface area contributed by atoms with Crippen molar-refractivity contribution in [2.75, 3.05) is 13.1 Å². The third-order valence-corrected chi connectivity index (χ3v) is 9.02. The number of nitrogens with one attached hydrogen (secondary N) is 1. The Hall–Kier alpha value is -1.93. The van der Waals surface area contributed by atoms with Gasteiger partial charge in [-0.2, -0.15) is 5.10 Å². The minimum atomic E-state index is -0.261. The topological polar surface area (TPSA) is 87.5 Å². The summed E-state index contributed by atoms with van der Waals surface area (Å²) >= 11 is 1.57. The Morgan fingerprint density at radius 1 is 1.03 bits per heavy atom. The van der Waals surface area contributed by atoms with Crippen molar-refractivity contribution < 1.29 is 14.7 Å². The van der Waals surface area contributed by atoms with Gasteiger partial charge in [0.2, 0.25) is 5.91 Å². The Balaban J connectivity index is 1.18. The van der Waals surface area contributed by atoms with Crippen LogP contribution in [0.5, 0.6) is 0 Å². The zero-order chi connectivity index (χ0) is 22.9. The average Bonchev–Trinajstić information content (AvgIpc) is 3.41. The SMILES string of the molecule is Cc1nn(C2CCCCC2)c2sc(C(=O)N[C@H]3CC[C@H](C(=O)N4CCC(O)CC4)CC3)cc12. The molecule has 7 nitrogen and oxygen atoms in total. The molecule has 180 valence electrons. The van der Waals surface area contributed by atoms with Gasteiger partial charge in [-0.15, -0.1) is 11.3 Å². The summed E-state index contributed by atoms with van der Waals surface area (Å²) < 4.78 is 2.18. The number of hydrogen-bond donors (Lipinski definition) is 2. The van der Waals surface area contributed by atoms with Crippen LogP contribution in [0.25, 0.3) is 10.2 Å². The Morgan fingerprint density at radius 2 is 1.73 bits per heavy atom. The molecule has 0 radical (unpaired) electrons. The van der Waals surface area contributed by atoms with Crippen molar-refractivity contribution in [2.45, 2.75) is 95.7 Å². The standard InChI is InChI=1S/C25H36N4O3S/c1-16-21-15-22(33-25(21)29(27-16)19-5-3-2-4-6-19)23(31)26-18-9-7-17(8-10-18)24(32)28-13-11-20(30)12-14-28/h15,17-20,30H,2-14H2,1H3,(H,26,31)/t17-,18-. The van der Waals surface area contributed by atoms with Crippen molar-refractivity contribution in [3.8, 4) is 0 Å². The monoisotopic (exact) mass is 472 g/mol. The maximum absolute atomic E-state index is 13.0. The third kappa shape index (κ3) is 4.83. The van der Waals surface area contributed by atoms with Gasteiger partial charge in [-0.1, -0.05) is 19.3 Å². The summed E-state index contributed by atoms with van der Waals surface area (Å²) in [5, 5.41) is 18.8. The number of thiophene rings is 1. The van der Waals surface area contributed by atoms with Crippen molar-refractivity contribution in [3.05, 3.63) is 16.6 Å². The molecule has 3 heterocycles. The molecule has 1 aliphatic heterocycles. The average molecular weight is 473 g/mol. The number of aliphatic hydroxyl groups excluding tert-OH is 1. The summed E-state index contributed by atoms with van der Waals surface area (Å²) in [6.07, 6.45) is 10.6. The van der Waals surface area contributed by atoms with E-state index >= 15 is 0 Å². The number of fused-ring (bicyclic) bond motifs is 1. The van der Waals surface area contributed by atoms with E-state index in [9.17, 15) is 14.7 Å². The van der Waals surface area contributed by atoms with E-state index in [1.54, 1.807) is 11.3 Å². The largest absolute Gasteiger partial charge is 0.393 e. The highest BCUT2D eigenvalue weighted by Crippen LogP contribution is 2.36. The van der Waals surface area contributed by atoms with Crippen molar-refractivity contribution in [1.82, 2.24) is 20.0 Å². The van der Waals surface area contributed by atoms with Gasteiger partial charge in [0, 0.05) is 30.4 Å². The first-order valence-electron chi connectivity index (χ1n) is 12.8. The first-order chi connectivity index (χ1) is 16.0. The second-order valence-electron chi connectivity index (χ2n) is 10.2. The smallest absolute Gasteiger partial charge is 0.261 e. The second-order valence-corrected chi connectivity index (χ2v) is 11.3. The van der Waals surface area contributed by atoms with Crippen LogP contribution >= 0.6 is 11.3 Å². The molecule has 0 bridgehead atoms. The molecule has 5 rings (SSSR count). The summed E-state index contributed by atoms with van der Waals surface area (Å²) in [5.41, 5.74) is 1.01. The zero-order valence-electron chi connectivity index (χ0n) is 19.6. The number of nitrogens with zero attached hydrogens (tertiary/aromatic N) is 3. The third-order valence-electron chi connectivity index (χ3n) is 7.90. The van der Waals surface area contributed by atoms with Crippen molar-refractivity contribution >= 4 is 33.4 Å². The molecule has 2 aromatic rings. The Labute approximate surface area is 199 Å². The van der Waals surface area contributed by atoms with Gasteiger partial charge >= 0.3 is 0 Å². The summed E-state index contributed by atoms with van der Waals surface area (Å²) in [4.78, 5) is 29.7. The van der Waals surface area contributed by atoms with Gasteiger partial charge in [-0.05, 0) is 64.4 Å². The Morgan fingerprint density at radius 3 is 2.42 bits per heavy atom. The molecule has 2 saturated carbocycles. The van der Waals surface area contributed by atoms with Crippen LogP contribution in [0.3, 0.4) is 0 Å². The van der Waals surface area contributed by atoms with Crippen LogP contribution in [0.4, 0.5) is 0 Å². The normalized spacial score (nSPS) is 25.5. The zero-order valence-corrected chi connectivity index (χ0v) is 20.4. The van der Waals surface area contributed by atoms with Gasteiger partial charge in [-0.25, -0.2) is 0 Å². The summed E-state index contributed by atoms with van der Waals surface area (Å²) in [6, 6.07) is 2.60. The summed E-state index contributed by atoms with van der Waals surface area (Å²) in [6.45, 7) is 3.37. The van der Waals surface area contributed by atoms with E-state index < -0.39 is 0 Å². The van der Waals surface area contributed by atoms with Gasteiger partial charge in [0.1, 0.15) is 4.83 Å². The minimum Gasteiger partial charge on any atom is -0.393 e. The number of amides is 2. The number of likely N-dealkylation sites (tertiary alicyclic amines) is 1. The quantitative estimate of drug-likeness (QED) is 0.699. The highest BCUT2D eigenvalue weighted by Gasteiger charge is 2.32. The molecule has 0 atom stereocenters. The molecule has 0 spiro atoms. The van der Waals surface area contributed by atoms with Crippen LogP contribution in [0, 0.1) is 12.8 Å². The predicted molar refractivity (Wildman–Crippen MR) is 130 cm³/mol. The molecule has 2 aromatic heterocycles. The maximum Gasteiger partial charge on any atom is 0.261 e. The summed E-state index contributed by atoms with van der Waals surface area (Å²) in [5.74, 6) is 0.298. The molecule has 0 unspecified atom stereocenters. The van der Waals surface area contributed by atoms with Crippen molar-refractivity contribution in [3.63, 3.8) is 0 Å². The van der Waals surface area contributed by atoms with Gasteiger partial charge < -0.3 is 15.3 Å². The van der Waals surface area contributed by atoms with Crippen LogP contribution in [-0.2, 0) is 4.79 Å². The molecular formula is C25H36N4O3S. The van der Waals surface area contributed by atoms with Crippen molar-refractivity contribution in [1.29, 1.82) is 0 Å². The van der Waals surface area contributed by atoms with Gasteiger partial charge in [0.15, 0.2) is 0 Å². The number of carbonyl (C=O) groups is 2. The molecule has 2 amide bonds. The number of hydrogen-bond acceptors (Lipinski definition) is 5. The lowest BCUT2D eigenvalue weighted by Crippen LogP contribution is -2.45. The summed E-state index contributed by atoms with van der Waals surface area (Å²) in [7, 11) is 0. The number of aromatic nitrogens is 2. The lowest BCUT2D eigenvalue weighted by molar-refractivity contribution is -0.138. The van der Waals surface area contributed by atoms with E-state index in [0.717, 1.165) is 46.5 Å². The highest BCUT2D eigenvalue weighted by molar-refractivity contribution is 7.20. The molecule has 33 heavy (non-hydrogen) atoms. The number of carbonyl (C=O) groups excluding carboxylic acids is 2. The fourth-order valence-electron chi connectivity index (χ4n) is 5.84. The second kappa shape index (κ2) is 9.74. The van der Waals surface area contributed by atoms with Crippen LogP contribution in [0.1, 0.15) is 92.0 Å². The number of piperidine rings is 1. The van der Waals surface area contributed by atoms with Gasteiger partial charge in [-0.3, -0.25) is 14.3 Å². The fourth-order valence-corrected chi connectivity index (χ4v) is 6.98. The molecular weight excluding hydrogens is 436 g/mol. The molecule has 2 aliphatic carbocycles. The van der Waals surface area contributed by atoms with Crippen LogP contribution < -0.4 is 5.32 Å². The molecule has 3 aliphatic rings. The van der Waals surface area contributed by atoms with E-state index in [4.69, 9.17) is 5.10 Å². The Bertz CT molecular complexity index is 993. The highest BCUT2D eigenvalue weighted by atomic mass is 32.1. The van der Waals surface area contributed by atoms with Crippen LogP contribution in [0.2, 0.25) is 0 Å². The minimum absolute atomic E-state index is 0.00517. The lowest BCUT2D eigenvalue weighted by atomic mass is 9.84. The number of rotatable bonds is 4. The molecule has 8 heteroatoms. The predicted octanol–water partition coefficient (Wildman–Crippen LogP) is 4.18. The van der Waals surface area contributed by atoms with E-state index in [-0.39, 0.29) is 29.9 Å². The van der Waals surface area contributed by atoms with E-state index in [1.165, 1.54) is 32.1 Å². The fraction of sp³-hybridized carbons (Fsp3) is 0.720. The van der Waals surface area contributed by atoms with Gasteiger partial charge in [0.05, 0.1) is 22.7 Å². The number of aliphatic hydroxyl groups is 1. The molecule has 0 aromatic carbocycles. The van der Waals surface area contributed by atoms with Crippen LogP contribution in [-0.4, -0.2) is 56.8 Å². The lowest BCUT2D eigenvalue weighted by Gasteiger charge is -2.35. The van der Waals surface area contributed by atoms with Crippen molar-refractivity contribution in [2.24, 2.45) is 5.92 Å². The number of aryl methyl sites for hydroxylation is 1. The van der Waals surface area contributed by atoms with Gasteiger partial charge in [0.25, 0.3) is 5.91 Å².